The number of hydrogen-bond donors (Lipinski definition) is 0. The minimum atomic E-state index is -1.76. The number of carbonyl (C=O) groups excluding carboxylic acids is 1. The van der Waals surface area contributed by atoms with Crippen LogP contribution in [-0.4, -0.2) is 22.0 Å². The first-order valence-corrected chi connectivity index (χ1v) is 7.11. The van der Waals surface area contributed by atoms with Crippen molar-refractivity contribution in [1.82, 2.24) is 0 Å². The normalized spacial score (nSPS) is 15.0. The highest BCUT2D eigenvalue weighted by atomic mass is 32.1. The molecule has 1 aromatic rings. The number of nitrogens with zero attached hydrogens (tertiary/aromatic N) is 1. The molecule has 1 aromatic heterocycles. The van der Waals surface area contributed by atoms with E-state index in [1.54, 1.807) is 32.9 Å². The van der Waals surface area contributed by atoms with Crippen LogP contribution in [0.25, 0.3) is 6.08 Å². The zero-order valence-electron chi connectivity index (χ0n) is 12.1. The molecule has 1 rings (SSSR count). The fourth-order valence-electron chi connectivity index (χ4n) is 1.41. The molecule has 0 aromatic carbocycles. The van der Waals surface area contributed by atoms with Crippen molar-refractivity contribution in [3.05, 3.63) is 38.6 Å². The fraction of sp³-hybridized carbons (Fsp3) is 0.500. The third-order valence-electron chi connectivity index (χ3n) is 2.58. The van der Waals surface area contributed by atoms with Crippen LogP contribution in [0.4, 0.5) is 0 Å². The Morgan fingerprint density at radius 2 is 2.10 bits per heavy atom. The summed E-state index contributed by atoms with van der Waals surface area (Å²) in [6.45, 7) is 6.35. The average molecular weight is 297 g/mol. The summed E-state index contributed by atoms with van der Waals surface area (Å²) in [7, 11) is 0. The molecular weight excluding hydrogens is 278 g/mol. The van der Waals surface area contributed by atoms with Crippen molar-refractivity contribution in [2.45, 2.75) is 45.3 Å². The molecule has 0 spiro atoms. The van der Waals surface area contributed by atoms with Gasteiger partial charge >= 0.3 is 11.5 Å². The number of nitro groups is 1. The Kier molecular flexibility index (Phi) is 5.05. The summed E-state index contributed by atoms with van der Waals surface area (Å²) in [4.78, 5) is 23.6. The Labute approximate surface area is 122 Å². The maximum atomic E-state index is 12.0. The van der Waals surface area contributed by atoms with E-state index in [0.717, 1.165) is 4.88 Å². The summed E-state index contributed by atoms with van der Waals surface area (Å²) < 4.78 is 5.14. The quantitative estimate of drug-likeness (QED) is 0.473. The first kappa shape index (κ1) is 16.4. The number of carbonyl (C=O) groups is 1. The van der Waals surface area contributed by atoms with Crippen LogP contribution < -0.4 is 0 Å². The van der Waals surface area contributed by atoms with E-state index >= 15 is 0 Å². The van der Waals surface area contributed by atoms with Gasteiger partial charge in [0.15, 0.2) is 0 Å². The predicted octanol–water partition coefficient (Wildman–Crippen LogP) is 3.53. The number of hydrogen-bond acceptors (Lipinski definition) is 5. The maximum Gasteiger partial charge on any atom is 0.385 e. The molecule has 1 heterocycles. The van der Waals surface area contributed by atoms with E-state index in [1.165, 1.54) is 18.3 Å². The lowest BCUT2D eigenvalue weighted by Gasteiger charge is -2.24. The van der Waals surface area contributed by atoms with Crippen LogP contribution in [0.5, 0.6) is 0 Å². The van der Waals surface area contributed by atoms with Crippen molar-refractivity contribution < 1.29 is 14.5 Å². The Morgan fingerprint density at radius 1 is 1.45 bits per heavy atom. The smallest absolute Gasteiger partial charge is 0.385 e. The topological polar surface area (TPSA) is 69.4 Å². The molecule has 110 valence electrons. The standard InChI is InChI=1S/C14H19NO4S/c1-13(2,3)19-12(16)14(4,15(17)18)9-5-7-11-8-6-10-20-11/h5-8,10H,9H2,1-4H3/b7-5+/t14-/m1/s1. The van der Waals surface area contributed by atoms with E-state index in [1.807, 2.05) is 17.5 Å². The maximum absolute atomic E-state index is 12.0. The SMILES string of the molecule is CC(C)(C)OC(=O)[C@@](C)(C/C=C/c1cccs1)[N+](=O)[O-]. The van der Waals surface area contributed by atoms with Gasteiger partial charge in [-0.05, 0) is 38.3 Å². The van der Waals surface area contributed by atoms with Gasteiger partial charge in [0.25, 0.3) is 0 Å². The summed E-state index contributed by atoms with van der Waals surface area (Å²) in [6.07, 6.45) is 3.40. The minimum Gasteiger partial charge on any atom is -0.455 e. The predicted molar refractivity (Wildman–Crippen MR) is 79.2 cm³/mol. The number of rotatable bonds is 5. The third kappa shape index (κ3) is 4.45. The van der Waals surface area contributed by atoms with Gasteiger partial charge in [0, 0.05) is 23.1 Å². The Hall–Kier alpha value is -1.69. The van der Waals surface area contributed by atoms with Crippen molar-refractivity contribution in [2.75, 3.05) is 0 Å². The zero-order valence-corrected chi connectivity index (χ0v) is 12.9. The lowest BCUT2D eigenvalue weighted by Crippen LogP contribution is -2.46. The molecule has 0 aliphatic rings. The van der Waals surface area contributed by atoms with E-state index < -0.39 is 22.0 Å². The minimum absolute atomic E-state index is 0.00713. The summed E-state index contributed by atoms with van der Waals surface area (Å²) in [6, 6.07) is 3.79. The summed E-state index contributed by atoms with van der Waals surface area (Å²) in [5.41, 5.74) is -2.51. The number of thiophene rings is 1. The molecule has 0 fully saturated rings. The molecule has 0 aliphatic heterocycles. The van der Waals surface area contributed by atoms with Gasteiger partial charge in [-0.2, -0.15) is 0 Å². The molecule has 6 heteroatoms. The zero-order chi connectivity index (χ0) is 15.4. The first-order valence-electron chi connectivity index (χ1n) is 6.23. The lowest BCUT2D eigenvalue weighted by molar-refractivity contribution is -0.550. The highest BCUT2D eigenvalue weighted by Gasteiger charge is 2.47. The second-order valence-corrected chi connectivity index (χ2v) is 6.63. The third-order valence-corrected chi connectivity index (χ3v) is 3.42. The average Bonchev–Trinajstić information content (AvgIpc) is 2.79. The van der Waals surface area contributed by atoms with E-state index in [2.05, 4.69) is 0 Å². The van der Waals surface area contributed by atoms with Crippen LogP contribution >= 0.6 is 11.3 Å². The molecule has 0 amide bonds. The Bertz CT molecular complexity index is 502. The van der Waals surface area contributed by atoms with Crippen molar-refractivity contribution in [3.63, 3.8) is 0 Å². The van der Waals surface area contributed by atoms with Crippen LogP contribution in [0.1, 0.15) is 39.0 Å². The molecule has 0 bridgehead atoms. The summed E-state index contributed by atoms with van der Waals surface area (Å²) >= 11 is 1.53. The molecule has 5 nitrogen and oxygen atoms in total. The van der Waals surface area contributed by atoms with Crippen molar-refractivity contribution in [2.24, 2.45) is 0 Å². The van der Waals surface area contributed by atoms with Gasteiger partial charge < -0.3 is 4.74 Å². The van der Waals surface area contributed by atoms with Crippen LogP contribution in [0.15, 0.2) is 23.6 Å². The van der Waals surface area contributed by atoms with Gasteiger partial charge in [0.1, 0.15) is 5.60 Å². The summed E-state index contributed by atoms with van der Waals surface area (Å²) in [5.74, 6) is -0.814. The van der Waals surface area contributed by atoms with Gasteiger partial charge in [0.2, 0.25) is 0 Å². The van der Waals surface area contributed by atoms with Gasteiger partial charge in [0.05, 0.1) is 0 Å². The highest BCUT2D eigenvalue weighted by molar-refractivity contribution is 7.10. The second kappa shape index (κ2) is 6.17. The van der Waals surface area contributed by atoms with Crippen LogP contribution in [-0.2, 0) is 9.53 Å². The van der Waals surface area contributed by atoms with Gasteiger partial charge in [-0.15, -0.1) is 11.3 Å². The number of ether oxygens (including phenoxy) is 1. The van der Waals surface area contributed by atoms with E-state index in [0.29, 0.717) is 0 Å². The van der Waals surface area contributed by atoms with E-state index in [4.69, 9.17) is 4.74 Å². The molecule has 0 saturated carbocycles. The van der Waals surface area contributed by atoms with Crippen molar-refractivity contribution in [1.29, 1.82) is 0 Å². The Morgan fingerprint density at radius 3 is 2.55 bits per heavy atom. The Balaban J connectivity index is 2.81. The molecule has 0 N–H and O–H groups in total. The molecule has 1 atom stereocenters. The first-order chi connectivity index (χ1) is 9.15. The van der Waals surface area contributed by atoms with Gasteiger partial charge in [-0.3, -0.25) is 10.1 Å². The van der Waals surface area contributed by atoms with Crippen LogP contribution in [0.3, 0.4) is 0 Å². The second-order valence-electron chi connectivity index (χ2n) is 5.65. The van der Waals surface area contributed by atoms with Crippen LogP contribution in [0.2, 0.25) is 0 Å². The highest BCUT2D eigenvalue weighted by Crippen LogP contribution is 2.22. The summed E-state index contributed by atoms with van der Waals surface area (Å²) in [5, 5.41) is 13.1. The van der Waals surface area contributed by atoms with Crippen molar-refractivity contribution >= 4 is 23.4 Å². The van der Waals surface area contributed by atoms with Crippen molar-refractivity contribution in [3.8, 4) is 0 Å². The molecular formula is C14H19NO4S. The fourth-order valence-corrected chi connectivity index (χ4v) is 2.06. The molecule has 0 saturated heterocycles. The molecule has 20 heavy (non-hydrogen) atoms. The monoisotopic (exact) mass is 297 g/mol. The van der Waals surface area contributed by atoms with Gasteiger partial charge in [-0.1, -0.05) is 12.1 Å². The molecule has 0 aliphatic carbocycles. The lowest BCUT2D eigenvalue weighted by atomic mass is 9.98. The van der Waals surface area contributed by atoms with Gasteiger partial charge in [-0.25, -0.2) is 4.79 Å². The number of esters is 1. The van der Waals surface area contributed by atoms with Crippen LogP contribution in [0, 0.1) is 10.1 Å². The molecule has 0 unspecified atom stereocenters. The van der Waals surface area contributed by atoms with E-state index in [9.17, 15) is 14.9 Å². The van der Waals surface area contributed by atoms with E-state index in [-0.39, 0.29) is 6.42 Å². The molecule has 0 radical (unpaired) electrons. The largest absolute Gasteiger partial charge is 0.455 e.